The molecule has 1 N–H and O–H groups in total. The van der Waals surface area contributed by atoms with E-state index >= 15 is 0 Å². The molecular formula is C17H14Cl2F3N5. The summed E-state index contributed by atoms with van der Waals surface area (Å²) in [4.78, 5) is 15.7. The van der Waals surface area contributed by atoms with E-state index in [0.29, 0.717) is 48.2 Å². The van der Waals surface area contributed by atoms with Gasteiger partial charge in [0.15, 0.2) is 0 Å². The molecule has 27 heavy (non-hydrogen) atoms. The Kier molecular flexibility index (Phi) is 4.55. The highest BCUT2D eigenvalue weighted by atomic mass is 35.5. The molecule has 142 valence electrons. The van der Waals surface area contributed by atoms with E-state index in [9.17, 15) is 13.2 Å². The number of fused-ring (bicyclic) bond motifs is 1. The van der Waals surface area contributed by atoms with Crippen molar-refractivity contribution in [3.05, 3.63) is 46.1 Å². The number of piperazine rings is 1. The molecule has 0 atom stereocenters. The van der Waals surface area contributed by atoms with Gasteiger partial charge >= 0.3 is 6.18 Å². The summed E-state index contributed by atoms with van der Waals surface area (Å²) in [5, 5.41) is 0.228. The summed E-state index contributed by atoms with van der Waals surface area (Å²) in [6.07, 6.45) is -2.82. The largest absolute Gasteiger partial charge is 0.417 e. The van der Waals surface area contributed by atoms with E-state index in [2.05, 4.69) is 19.9 Å². The van der Waals surface area contributed by atoms with Gasteiger partial charge in [-0.15, -0.1) is 0 Å². The first kappa shape index (κ1) is 18.2. The predicted molar refractivity (Wildman–Crippen MR) is 99.8 cm³/mol. The zero-order valence-corrected chi connectivity index (χ0v) is 15.4. The first-order chi connectivity index (χ1) is 12.8. The van der Waals surface area contributed by atoms with Gasteiger partial charge in [-0.05, 0) is 24.3 Å². The summed E-state index contributed by atoms with van der Waals surface area (Å²) in [7, 11) is 0. The van der Waals surface area contributed by atoms with Crippen LogP contribution in [0.15, 0.2) is 30.5 Å². The molecule has 1 aromatic carbocycles. The van der Waals surface area contributed by atoms with Crippen LogP contribution in [0.2, 0.25) is 10.0 Å². The minimum Gasteiger partial charge on any atom is -0.352 e. The predicted octanol–water partition coefficient (Wildman–Crippen LogP) is 4.61. The van der Waals surface area contributed by atoms with Crippen LogP contribution in [0, 0.1) is 0 Å². The molecule has 3 heterocycles. The number of hydrogen-bond donors (Lipinski definition) is 1. The number of hydrogen-bond acceptors (Lipinski definition) is 4. The van der Waals surface area contributed by atoms with Crippen molar-refractivity contribution in [1.29, 1.82) is 0 Å². The number of nitrogens with one attached hydrogen (secondary N) is 1. The van der Waals surface area contributed by atoms with Gasteiger partial charge < -0.3 is 14.8 Å². The van der Waals surface area contributed by atoms with Crippen LogP contribution in [0.4, 0.5) is 24.9 Å². The van der Waals surface area contributed by atoms with Crippen LogP contribution in [0.25, 0.3) is 11.0 Å². The van der Waals surface area contributed by atoms with Crippen LogP contribution in [0.1, 0.15) is 5.56 Å². The fourth-order valence-corrected chi connectivity index (χ4v) is 3.63. The van der Waals surface area contributed by atoms with E-state index in [1.165, 1.54) is 6.07 Å². The van der Waals surface area contributed by atoms with Crippen molar-refractivity contribution in [2.45, 2.75) is 6.18 Å². The molecule has 0 radical (unpaired) electrons. The Labute approximate surface area is 162 Å². The third-order valence-corrected chi connectivity index (χ3v) is 5.09. The molecule has 2 aromatic heterocycles. The van der Waals surface area contributed by atoms with E-state index in [1.54, 1.807) is 18.3 Å². The van der Waals surface area contributed by atoms with Crippen molar-refractivity contribution < 1.29 is 13.2 Å². The molecule has 0 spiro atoms. The van der Waals surface area contributed by atoms with E-state index in [-0.39, 0.29) is 5.02 Å². The smallest absolute Gasteiger partial charge is 0.352 e. The molecule has 0 amide bonds. The van der Waals surface area contributed by atoms with Gasteiger partial charge in [0.2, 0.25) is 5.95 Å². The lowest BCUT2D eigenvalue weighted by atomic mass is 10.2. The molecule has 0 aliphatic carbocycles. The van der Waals surface area contributed by atoms with Crippen LogP contribution in [-0.4, -0.2) is 41.1 Å². The van der Waals surface area contributed by atoms with Gasteiger partial charge in [0.25, 0.3) is 0 Å². The molecule has 0 saturated carbocycles. The number of rotatable bonds is 2. The average Bonchev–Trinajstić information content (AvgIpc) is 3.03. The van der Waals surface area contributed by atoms with Gasteiger partial charge in [0.1, 0.15) is 5.82 Å². The molecule has 0 unspecified atom stereocenters. The second-order valence-corrected chi connectivity index (χ2v) is 7.00. The van der Waals surface area contributed by atoms with E-state index in [0.717, 1.165) is 11.9 Å². The standard InChI is InChI=1S/C17H14Cl2F3N5/c18-11-2-1-3-23-15(11)26-4-6-27(7-5-26)16-24-13-8-10(17(20,21)22)12(19)9-14(13)25-16/h1-3,8-9H,4-7H2,(H,24,25). The third-order valence-electron chi connectivity index (χ3n) is 4.48. The highest BCUT2D eigenvalue weighted by Crippen LogP contribution is 2.37. The maximum atomic E-state index is 13.0. The highest BCUT2D eigenvalue weighted by molar-refractivity contribution is 6.33. The van der Waals surface area contributed by atoms with E-state index < -0.39 is 11.7 Å². The number of aromatic nitrogens is 3. The quantitative estimate of drug-likeness (QED) is 0.663. The number of anilines is 2. The molecule has 1 fully saturated rings. The molecule has 10 heteroatoms. The fourth-order valence-electron chi connectivity index (χ4n) is 3.12. The average molecular weight is 416 g/mol. The van der Waals surface area contributed by atoms with Crippen molar-refractivity contribution in [3.63, 3.8) is 0 Å². The van der Waals surface area contributed by atoms with Gasteiger partial charge in [-0.1, -0.05) is 23.2 Å². The normalized spacial score (nSPS) is 15.6. The van der Waals surface area contributed by atoms with Gasteiger partial charge in [-0.2, -0.15) is 13.2 Å². The molecular weight excluding hydrogens is 402 g/mol. The van der Waals surface area contributed by atoms with Gasteiger partial charge in [0.05, 0.1) is 26.6 Å². The minimum absolute atomic E-state index is 0.303. The van der Waals surface area contributed by atoms with Gasteiger partial charge in [-0.25, -0.2) is 9.97 Å². The summed E-state index contributed by atoms with van der Waals surface area (Å²) < 4.78 is 39.1. The molecule has 1 aliphatic heterocycles. The monoisotopic (exact) mass is 415 g/mol. The van der Waals surface area contributed by atoms with Crippen LogP contribution in [-0.2, 0) is 6.18 Å². The van der Waals surface area contributed by atoms with Crippen LogP contribution in [0.5, 0.6) is 0 Å². The minimum atomic E-state index is -4.51. The van der Waals surface area contributed by atoms with Crippen molar-refractivity contribution in [2.24, 2.45) is 0 Å². The number of pyridine rings is 1. The number of halogens is 5. The number of H-pyrrole nitrogens is 1. The summed E-state index contributed by atoms with van der Waals surface area (Å²) in [6, 6.07) is 5.80. The molecule has 1 aliphatic rings. The SMILES string of the molecule is FC(F)(F)c1cc2[nH]c(N3CCN(c4ncccc4Cl)CC3)nc2cc1Cl. The zero-order valence-electron chi connectivity index (χ0n) is 13.9. The third kappa shape index (κ3) is 3.51. The topological polar surface area (TPSA) is 48.1 Å². The maximum Gasteiger partial charge on any atom is 0.417 e. The van der Waals surface area contributed by atoms with Crippen molar-refractivity contribution in [1.82, 2.24) is 15.0 Å². The Morgan fingerprint density at radius 2 is 1.70 bits per heavy atom. The number of nitrogens with zero attached hydrogens (tertiary/aromatic N) is 4. The Hall–Kier alpha value is -2.19. The Bertz CT molecular complexity index is 980. The second kappa shape index (κ2) is 6.76. The number of benzene rings is 1. The maximum absolute atomic E-state index is 13.0. The summed E-state index contributed by atoms with van der Waals surface area (Å²) in [5.41, 5.74) is -0.170. The Morgan fingerprint density at radius 1 is 1.00 bits per heavy atom. The van der Waals surface area contributed by atoms with E-state index in [4.69, 9.17) is 23.2 Å². The number of imidazole rings is 1. The Morgan fingerprint density at radius 3 is 2.37 bits per heavy atom. The Balaban J connectivity index is 1.55. The van der Waals surface area contributed by atoms with Crippen LogP contribution in [0.3, 0.4) is 0 Å². The highest BCUT2D eigenvalue weighted by Gasteiger charge is 2.34. The second-order valence-electron chi connectivity index (χ2n) is 6.19. The van der Waals surface area contributed by atoms with Crippen molar-refractivity contribution in [2.75, 3.05) is 36.0 Å². The molecule has 3 aromatic rings. The zero-order chi connectivity index (χ0) is 19.2. The number of aromatic amines is 1. The lowest BCUT2D eigenvalue weighted by molar-refractivity contribution is -0.137. The van der Waals surface area contributed by atoms with Crippen molar-refractivity contribution in [3.8, 4) is 0 Å². The summed E-state index contributed by atoms with van der Waals surface area (Å²) in [6.45, 7) is 2.60. The fraction of sp³-hybridized carbons (Fsp3) is 0.294. The molecule has 0 bridgehead atoms. The van der Waals surface area contributed by atoms with Crippen molar-refractivity contribution >= 4 is 46.0 Å². The lowest BCUT2D eigenvalue weighted by Crippen LogP contribution is -2.47. The molecule has 1 saturated heterocycles. The van der Waals surface area contributed by atoms with Crippen LogP contribution < -0.4 is 9.80 Å². The first-order valence-corrected chi connectivity index (χ1v) is 8.95. The summed E-state index contributed by atoms with van der Waals surface area (Å²) in [5.74, 6) is 1.25. The van der Waals surface area contributed by atoms with Crippen LogP contribution >= 0.6 is 23.2 Å². The molecule has 5 nitrogen and oxygen atoms in total. The van der Waals surface area contributed by atoms with Gasteiger partial charge in [0, 0.05) is 32.4 Å². The van der Waals surface area contributed by atoms with E-state index in [1.807, 2.05) is 4.90 Å². The number of alkyl halides is 3. The van der Waals surface area contributed by atoms with Gasteiger partial charge in [-0.3, -0.25) is 0 Å². The summed E-state index contributed by atoms with van der Waals surface area (Å²) >= 11 is 12.0. The molecule has 4 rings (SSSR count). The lowest BCUT2D eigenvalue weighted by Gasteiger charge is -2.35. The first-order valence-electron chi connectivity index (χ1n) is 8.20.